The molecule has 1 aliphatic heterocycles. The molecule has 0 aliphatic carbocycles. The van der Waals surface area contributed by atoms with Crippen LogP contribution in [-0.4, -0.2) is 50.3 Å². The molecule has 1 saturated heterocycles. The monoisotopic (exact) mass is 584 g/mol. The second-order valence-corrected chi connectivity index (χ2v) is 11.6. The Morgan fingerprint density at radius 1 is 1.02 bits per heavy atom. The third kappa shape index (κ3) is 9.32. The lowest BCUT2D eigenvalue weighted by molar-refractivity contribution is -0.160. The normalized spacial score (nSPS) is 20.7. The van der Waals surface area contributed by atoms with E-state index in [-0.39, 0.29) is 12.8 Å². The molecular formula is C29H45FN2O9. The molecule has 232 valence electrons. The highest BCUT2D eigenvalue weighted by molar-refractivity contribution is 5.88. The van der Waals surface area contributed by atoms with Crippen molar-refractivity contribution in [2.24, 2.45) is 5.41 Å². The summed E-state index contributed by atoms with van der Waals surface area (Å²) in [6.07, 6.45) is 4.40. The van der Waals surface area contributed by atoms with Crippen LogP contribution in [0.4, 0.5) is 4.39 Å². The highest BCUT2D eigenvalue weighted by Crippen LogP contribution is 2.38. The summed E-state index contributed by atoms with van der Waals surface area (Å²) in [4.78, 5) is 63.2. The van der Waals surface area contributed by atoms with Gasteiger partial charge in [0.05, 0.1) is 11.6 Å². The first kappa shape index (κ1) is 34.3. The van der Waals surface area contributed by atoms with Gasteiger partial charge in [0.2, 0.25) is 5.82 Å². The SMILES string of the molecule is CCCCCCC(=O)OC[C@H]1O[C@@H](n2cc(F)c(=O)n(COC(=O)C(C)(C)C)c2=O)C[C@@]1(O)C(=O)CCCCCC. The fraction of sp³-hybridized carbons (Fsp3) is 0.759. The van der Waals surface area contributed by atoms with E-state index in [2.05, 4.69) is 0 Å². The van der Waals surface area contributed by atoms with Gasteiger partial charge in [-0.15, -0.1) is 0 Å². The standard InChI is InChI=1S/C29H45FN2O9/c1-6-8-10-12-14-21(33)29(38)16-23(41-22(29)18-39-24(34)15-13-11-9-7-2)31-17-20(30)25(35)32(27(31)37)19-40-26(36)28(3,4)5/h17,22-23,38H,6-16,18-19H2,1-5H3/t22-,23-,29-/m1/s1. The van der Waals surface area contributed by atoms with Crippen LogP contribution >= 0.6 is 0 Å². The fourth-order valence-electron chi connectivity index (χ4n) is 4.50. The molecule has 1 aromatic heterocycles. The Hall–Kier alpha value is -2.86. The minimum absolute atomic E-state index is 0.0412. The van der Waals surface area contributed by atoms with Gasteiger partial charge in [0.1, 0.15) is 18.9 Å². The van der Waals surface area contributed by atoms with Crippen LogP contribution in [0.5, 0.6) is 0 Å². The van der Waals surface area contributed by atoms with Crippen molar-refractivity contribution >= 4 is 17.7 Å². The first-order valence-corrected chi connectivity index (χ1v) is 14.5. The van der Waals surface area contributed by atoms with Gasteiger partial charge in [-0.05, 0) is 33.6 Å². The van der Waals surface area contributed by atoms with Crippen LogP contribution in [-0.2, 0) is 35.3 Å². The van der Waals surface area contributed by atoms with E-state index < -0.39 is 77.9 Å². The highest BCUT2D eigenvalue weighted by atomic mass is 19.1. The second-order valence-electron chi connectivity index (χ2n) is 11.6. The van der Waals surface area contributed by atoms with Gasteiger partial charge in [0.15, 0.2) is 18.1 Å². The Kier molecular flexibility index (Phi) is 12.9. The number of Topliss-reactive ketones (excluding diaryl/α,β-unsaturated/α-hetero) is 1. The molecule has 1 aliphatic rings. The largest absolute Gasteiger partial charge is 0.463 e. The first-order valence-electron chi connectivity index (χ1n) is 14.5. The average molecular weight is 585 g/mol. The van der Waals surface area contributed by atoms with Gasteiger partial charge in [-0.2, -0.15) is 4.39 Å². The Morgan fingerprint density at radius 3 is 2.22 bits per heavy atom. The zero-order chi connectivity index (χ0) is 30.8. The van der Waals surface area contributed by atoms with Gasteiger partial charge in [-0.3, -0.25) is 23.7 Å². The topological polar surface area (TPSA) is 143 Å². The third-order valence-corrected chi connectivity index (χ3v) is 7.11. The summed E-state index contributed by atoms with van der Waals surface area (Å²) in [5.74, 6) is -3.09. The molecule has 3 atom stereocenters. The predicted molar refractivity (Wildman–Crippen MR) is 147 cm³/mol. The Bertz CT molecular complexity index is 1170. The molecule has 1 fully saturated rings. The van der Waals surface area contributed by atoms with Crippen molar-refractivity contribution in [3.8, 4) is 0 Å². The van der Waals surface area contributed by atoms with Crippen molar-refractivity contribution in [1.82, 2.24) is 9.13 Å². The summed E-state index contributed by atoms with van der Waals surface area (Å²) in [7, 11) is 0. The van der Waals surface area contributed by atoms with Gasteiger partial charge in [-0.25, -0.2) is 9.36 Å². The van der Waals surface area contributed by atoms with E-state index in [0.29, 0.717) is 23.6 Å². The zero-order valence-electron chi connectivity index (χ0n) is 24.9. The van der Waals surface area contributed by atoms with E-state index in [4.69, 9.17) is 14.2 Å². The van der Waals surface area contributed by atoms with Crippen molar-refractivity contribution in [2.45, 2.75) is 130 Å². The number of aliphatic hydroxyl groups is 1. The lowest BCUT2D eigenvalue weighted by atomic mass is 9.87. The zero-order valence-corrected chi connectivity index (χ0v) is 24.9. The molecule has 0 unspecified atom stereocenters. The fourth-order valence-corrected chi connectivity index (χ4v) is 4.50. The summed E-state index contributed by atoms with van der Waals surface area (Å²) in [5.41, 5.74) is -5.41. The number of esters is 2. The number of aromatic nitrogens is 2. The van der Waals surface area contributed by atoms with Crippen LogP contribution in [0.2, 0.25) is 0 Å². The molecule has 41 heavy (non-hydrogen) atoms. The maximum atomic E-state index is 14.7. The van der Waals surface area contributed by atoms with Crippen LogP contribution in [0, 0.1) is 11.2 Å². The number of carbonyl (C=O) groups excluding carboxylic acids is 3. The Balaban J connectivity index is 2.31. The van der Waals surface area contributed by atoms with Gasteiger partial charge in [-0.1, -0.05) is 52.4 Å². The maximum absolute atomic E-state index is 14.7. The number of nitrogens with zero attached hydrogens (tertiary/aromatic N) is 2. The van der Waals surface area contributed by atoms with Crippen molar-refractivity contribution in [1.29, 1.82) is 0 Å². The molecule has 1 aromatic rings. The van der Waals surface area contributed by atoms with Crippen LogP contribution < -0.4 is 11.2 Å². The minimum Gasteiger partial charge on any atom is -0.463 e. The molecule has 0 saturated carbocycles. The number of hydrogen-bond donors (Lipinski definition) is 1. The Labute approximate surface area is 240 Å². The number of rotatable bonds is 16. The summed E-state index contributed by atoms with van der Waals surface area (Å²) in [5, 5.41) is 11.5. The van der Waals surface area contributed by atoms with Crippen LogP contribution in [0.1, 0.15) is 111 Å². The summed E-state index contributed by atoms with van der Waals surface area (Å²) in [6, 6.07) is 0. The smallest absolute Gasteiger partial charge is 0.336 e. The van der Waals surface area contributed by atoms with Crippen LogP contribution in [0.3, 0.4) is 0 Å². The number of halogens is 1. The molecule has 0 bridgehead atoms. The molecule has 0 amide bonds. The number of unbranched alkanes of at least 4 members (excludes halogenated alkanes) is 6. The van der Waals surface area contributed by atoms with Gasteiger partial charge in [0, 0.05) is 19.3 Å². The van der Waals surface area contributed by atoms with E-state index >= 15 is 0 Å². The van der Waals surface area contributed by atoms with E-state index in [1.54, 1.807) is 20.8 Å². The van der Waals surface area contributed by atoms with Crippen molar-refractivity contribution < 1.29 is 38.1 Å². The quantitative estimate of drug-likeness (QED) is 0.227. The van der Waals surface area contributed by atoms with Crippen LogP contribution in [0.15, 0.2) is 15.8 Å². The summed E-state index contributed by atoms with van der Waals surface area (Å²) < 4.78 is 32.0. The van der Waals surface area contributed by atoms with Crippen molar-refractivity contribution in [2.75, 3.05) is 6.61 Å². The number of ketones is 1. The average Bonchev–Trinajstić information content (AvgIpc) is 3.26. The summed E-state index contributed by atoms with van der Waals surface area (Å²) >= 11 is 0. The Morgan fingerprint density at radius 2 is 1.63 bits per heavy atom. The molecule has 1 N–H and O–H groups in total. The van der Waals surface area contributed by atoms with Crippen LogP contribution in [0.25, 0.3) is 0 Å². The van der Waals surface area contributed by atoms with Gasteiger partial charge < -0.3 is 19.3 Å². The van der Waals surface area contributed by atoms with Crippen molar-refractivity contribution in [3.63, 3.8) is 0 Å². The molecule has 0 aromatic carbocycles. The molecule has 12 heteroatoms. The first-order chi connectivity index (χ1) is 19.3. The number of ether oxygens (including phenoxy) is 3. The summed E-state index contributed by atoms with van der Waals surface area (Å²) in [6.45, 7) is 7.52. The van der Waals surface area contributed by atoms with Crippen molar-refractivity contribution in [3.05, 3.63) is 32.9 Å². The molecule has 11 nitrogen and oxygen atoms in total. The van der Waals surface area contributed by atoms with E-state index in [0.717, 1.165) is 43.1 Å². The minimum atomic E-state index is -2.12. The predicted octanol–water partition coefficient (Wildman–Crippen LogP) is 3.77. The molecular weight excluding hydrogens is 539 g/mol. The molecule has 0 spiro atoms. The molecule has 2 rings (SSSR count). The van der Waals surface area contributed by atoms with Gasteiger partial charge >= 0.3 is 17.6 Å². The van der Waals surface area contributed by atoms with E-state index in [9.17, 15) is 33.5 Å². The second kappa shape index (κ2) is 15.4. The number of hydrogen-bond acceptors (Lipinski definition) is 9. The van der Waals surface area contributed by atoms with Gasteiger partial charge in [0.25, 0.3) is 5.56 Å². The third-order valence-electron chi connectivity index (χ3n) is 7.11. The molecule has 2 heterocycles. The lowest BCUT2D eigenvalue weighted by Crippen LogP contribution is -2.48. The highest BCUT2D eigenvalue weighted by Gasteiger charge is 2.53. The number of carbonyl (C=O) groups is 3. The van der Waals surface area contributed by atoms with E-state index in [1.807, 2.05) is 13.8 Å². The van der Waals surface area contributed by atoms with E-state index in [1.165, 1.54) is 0 Å². The maximum Gasteiger partial charge on any atom is 0.336 e. The lowest BCUT2D eigenvalue weighted by Gasteiger charge is -2.26. The molecule has 0 radical (unpaired) electrons.